The smallest absolute Gasteiger partial charge is 0.410 e. The molecule has 0 aromatic heterocycles. The number of β-amino-alcohol motifs (C(OH)–C–C–N with tert-alkyl or cyclic N) is 1. The average Bonchev–Trinajstić information content (AvgIpc) is 2.37. The predicted molar refractivity (Wildman–Crippen MR) is 66.1 cm³/mol. The third-order valence-corrected chi connectivity index (χ3v) is 2.60. The Bertz CT molecular complexity index is 325. The zero-order chi connectivity index (χ0) is 13.9. The van der Waals surface area contributed by atoms with Crippen LogP contribution in [0.25, 0.3) is 0 Å². The molecule has 1 rings (SSSR count). The van der Waals surface area contributed by atoms with Crippen molar-refractivity contribution in [2.75, 3.05) is 26.2 Å². The van der Waals surface area contributed by atoms with Crippen LogP contribution < -0.4 is 0 Å². The van der Waals surface area contributed by atoms with Gasteiger partial charge in [0.2, 0.25) is 5.91 Å². The van der Waals surface area contributed by atoms with E-state index in [9.17, 15) is 14.7 Å². The minimum Gasteiger partial charge on any atom is -0.444 e. The summed E-state index contributed by atoms with van der Waals surface area (Å²) in [5, 5.41) is 9.78. The maximum Gasteiger partial charge on any atom is 0.410 e. The highest BCUT2D eigenvalue weighted by molar-refractivity contribution is 5.73. The standard InChI is InChI=1S/C12H22N2O4/c1-9(15)13-5-6-14(8-10(16)7-13)11(17)18-12(2,3)4/h10,16H,5-8H2,1-4H3. The van der Waals surface area contributed by atoms with Crippen LogP contribution in [0.1, 0.15) is 27.7 Å². The molecular weight excluding hydrogens is 236 g/mol. The molecule has 2 amide bonds. The van der Waals surface area contributed by atoms with E-state index < -0.39 is 17.8 Å². The van der Waals surface area contributed by atoms with E-state index >= 15 is 0 Å². The van der Waals surface area contributed by atoms with E-state index in [0.717, 1.165) is 0 Å². The summed E-state index contributed by atoms with van der Waals surface area (Å²) in [7, 11) is 0. The van der Waals surface area contributed by atoms with Gasteiger partial charge in [-0.25, -0.2) is 4.79 Å². The zero-order valence-electron chi connectivity index (χ0n) is 11.5. The molecule has 1 aliphatic rings. The average molecular weight is 258 g/mol. The fraction of sp³-hybridized carbons (Fsp3) is 0.833. The molecule has 1 N–H and O–H groups in total. The summed E-state index contributed by atoms with van der Waals surface area (Å²) >= 11 is 0. The first-order valence-electron chi connectivity index (χ1n) is 6.10. The number of aliphatic hydroxyl groups excluding tert-OH is 1. The molecule has 0 saturated carbocycles. The van der Waals surface area contributed by atoms with Gasteiger partial charge in [-0.1, -0.05) is 0 Å². The largest absolute Gasteiger partial charge is 0.444 e. The fourth-order valence-electron chi connectivity index (χ4n) is 1.77. The molecule has 0 spiro atoms. The number of amides is 2. The Morgan fingerprint density at radius 3 is 2.17 bits per heavy atom. The van der Waals surface area contributed by atoms with Gasteiger partial charge >= 0.3 is 6.09 Å². The highest BCUT2D eigenvalue weighted by atomic mass is 16.6. The van der Waals surface area contributed by atoms with Gasteiger partial charge in [0.25, 0.3) is 0 Å². The summed E-state index contributed by atoms with van der Waals surface area (Å²) < 4.78 is 5.25. The van der Waals surface area contributed by atoms with E-state index in [1.54, 1.807) is 20.8 Å². The first-order valence-corrected chi connectivity index (χ1v) is 6.10. The van der Waals surface area contributed by atoms with Crippen molar-refractivity contribution in [3.8, 4) is 0 Å². The van der Waals surface area contributed by atoms with E-state index in [0.29, 0.717) is 13.1 Å². The number of ether oxygens (including phenoxy) is 1. The molecule has 0 aliphatic carbocycles. The summed E-state index contributed by atoms with van der Waals surface area (Å²) in [6, 6.07) is 0. The van der Waals surface area contributed by atoms with Gasteiger partial charge in [0, 0.05) is 26.6 Å². The molecule has 18 heavy (non-hydrogen) atoms. The molecule has 0 bridgehead atoms. The number of hydrogen-bond acceptors (Lipinski definition) is 4. The Labute approximate surface area is 107 Å². The molecule has 1 aliphatic heterocycles. The maximum atomic E-state index is 11.9. The van der Waals surface area contributed by atoms with Gasteiger partial charge in [0.05, 0.1) is 12.6 Å². The molecule has 1 unspecified atom stereocenters. The normalized spacial score (nSPS) is 21.5. The molecule has 1 atom stereocenters. The molecule has 104 valence electrons. The van der Waals surface area contributed by atoms with Gasteiger partial charge in [-0.3, -0.25) is 4.79 Å². The Morgan fingerprint density at radius 2 is 1.67 bits per heavy atom. The lowest BCUT2D eigenvalue weighted by molar-refractivity contribution is -0.129. The van der Waals surface area contributed by atoms with Crippen molar-refractivity contribution in [1.82, 2.24) is 9.80 Å². The second-order valence-corrected chi connectivity index (χ2v) is 5.55. The molecule has 1 saturated heterocycles. The quantitative estimate of drug-likeness (QED) is 0.684. The van der Waals surface area contributed by atoms with Crippen LogP contribution in [-0.4, -0.2) is 64.8 Å². The van der Waals surface area contributed by atoms with Crippen LogP contribution in [0.2, 0.25) is 0 Å². The van der Waals surface area contributed by atoms with Gasteiger partial charge < -0.3 is 19.6 Å². The summed E-state index contributed by atoms with van der Waals surface area (Å²) in [6.07, 6.45) is -1.18. The van der Waals surface area contributed by atoms with E-state index in [2.05, 4.69) is 0 Å². The number of carbonyl (C=O) groups is 2. The molecule has 6 nitrogen and oxygen atoms in total. The second kappa shape index (κ2) is 5.56. The van der Waals surface area contributed by atoms with Crippen molar-refractivity contribution < 1.29 is 19.4 Å². The number of rotatable bonds is 0. The minimum atomic E-state index is -0.732. The molecule has 0 aromatic rings. The van der Waals surface area contributed by atoms with E-state index in [-0.39, 0.29) is 19.0 Å². The van der Waals surface area contributed by atoms with E-state index in [4.69, 9.17) is 4.74 Å². The van der Waals surface area contributed by atoms with Crippen LogP contribution in [0.5, 0.6) is 0 Å². The van der Waals surface area contributed by atoms with Crippen LogP contribution in [0.4, 0.5) is 4.79 Å². The summed E-state index contributed by atoms with van der Waals surface area (Å²) in [5.74, 6) is -0.0971. The lowest BCUT2D eigenvalue weighted by Crippen LogP contribution is -2.41. The SMILES string of the molecule is CC(=O)N1CCN(C(=O)OC(C)(C)C)CC(O)C1. The molecule has 1 heterocycles. The zero-order valence-corrected chi connectivity index (χ0v) is 11.5. The van der Waals surface area contributed by atoms with Crippen molar-refractivity contribution in [2.45, 2.75) is 39.4 Å². The molecule has 0 radical (unpaired) electrons. The van der Waals surface area contributed by atoms with Crippen molar-refractivity contribution in [1.29, 1.82) is 0 Å². The minimum absolute atomic E-state index is 0.0971. The Balaban J connectivity index is 2.63. The van der Waals surface area contributed by atoms with Gasteiger partial charge in [-0.2, -0.15) is 0 Å². The molecule has 0 aromatic carbocycles. The van der Waals surface area contributed by atoms with Crippen molar-refractivity contribution in [2.24, 2.45) is 0 Å². The van der Waals surface area contributed by atoms with Crippen molar-refractivity contribution in [3.05, 3.63) is 0 Å². The van der Waals surface area contributed by atoms with E-state index in [1.165, 1.54) is 16.7 Å². The highest BCUT2D eigenvalue weighted by Crippen LogP contribution is 2.12. The summed E-state index contributed by atoms with van der Waals surface area (Å²) in [5.41, 5.74) is -0.561. The summed E-state index contributed by atoms with van der Waals surface area (Å²) in [4.78, 5) is 26.1. The van der Waals surface area contributed by atoms with Crippen LogP contribution in [0.3, 0.4) is 0 Å². The third kappa shape index (κ3) is 4.52. The molecule has 1 fully saturated rings. The van der Waals surface area contributed by atoms with Crippen LogP contribution in [-0.2, 0) is 9.53 Å². The second-order valence-electron chi connectivity index (χ2n) is 5.55. The monoisotopic (exact) mass is 258 g/mol. The maximum absolute atomic E-state index is 11.9. The fourth-order valence-corrected chi connectivity index (χ4v) is 1.77. The number of carbonyl (C=O) groups excluding carboxylic acids is 2. The Morgan fingerprint density at radius 1 is 1.17 bits per heavy atom. The predicted octanol–water partition coefficient (Wildman–Crippen LogP) is 0.447. The van der Waals surface area contributed by atoms with Crippen molar-refractivity contribution >= 4 is 12.0 Å². The Kier molecular flexibility index (Phi) is 4.56. The van der Waals surface area contributed by atoms with Gasteiger partial charge in [-0.15, -0.1) is 0 Å². The van der Waals surface area contributed by atoms with Crippen LogP contribution in [0.15, 0.2) is 0 Å². The van der Waals surface area contributed by atoms with Gasteiger partial charge in [0.15, 0.2) is 0 Å². The van der Waals surface area contributed by atoms with Crippen LogP contribution in [0, 0.1) is 0 Å². The topological polar surface area (TPSA) is 70.1 Å². The lowest BCUT2D eigenvalue weighted by Gasteiger charge is -2.26. The van der Waals surface area contributed by atoms with E-state index in [1.807, 2.05) is 0 Å². The number of nitrogens with zero attached hydrogens (tertiary/aromatic N) is 2. The molecular formula is C12H22N2O4. The molecule has 6 heteroatoms. The third-order valence-electron chi connectivity index (χ3n) is 2.60. The van der Waals surface area contributed by atoms with Gasteiger partial charge in [-0.05, 0) is 20.8 Å². The van der Waals surface area contributed by atoms with Gasteiger partial charge in [0.1, 0.15) is 5.60 Å². The number of hydrogen-bond donors (Lipinski definition) is 1. The highest BCUT2D eigenvalue weighted by Gasteiger charge is 2.28. The Hall–Kier alpha value is -1.30. The first-order chi connectivity index (χ1) is 8.19. The first kappa shape index (κ1) is 14.8. The number of aliphatic hydroxyl groups is 1. The van der Waals surface area contributed by atoms with Crippen molar-refractivity contribution in [3.63, 3.8) is 0 Å². The summed E-state index contributed by atoms with van der Waals surface area (Å²) in [6.45, 7) is 8.09. The van der Waals surface area contributed by atoms with Crippen LogP contribution >= 0.6 is 0 Å². The lowest BCUT2D eigenvalue weighted by atomic mass is 10.2.